The van der Waals surface area contributed by atoms with Crippen LogP contribution in [0.3, 0.4) is 0 Å². The number of hydrogen-bond donors (Lipinski definition) is 2. The lowest BCUT2D eigenvalue weighted by molar-refractivity contribution is 0.100. The first-order chi connectivity index (χ1) is 23.6. The van der Waals surface area contributed by atoms with Gasteiger partial charge in [0.25, 0.3) is 11.8 Å². The van der Waals surface area contributed by atoms with Crippen LogP contribution in [0.2, 0.25) is 0 Å². The Balaban J connectivity index is 1.33. The van der Waals surface area contributed by atoms with Gasteiger partial charge in [0.1, 0.15) is 34.4 Å². The summed E-state index contributed by atoms with van der Waals surface area (Å²) in [5, 5.41) is 5.13. The molecule has 0 saturated heterocycles. The van der Waals surface area contributed by atoms with Gasteiger partial charge in [-0.2, -0.15) is 0 Å². The maximum Gasteiger partial charge on any atom is 0.261 e. The summed E-state index contributed by atoms with van der Waals surface area (Å²) in [7, 11) is 0. The van der Waals surface area contributed by atoms with Crippen LogP contribution in [0.25, 0.3) is 5.57 Å². The van der Waals surface area contributed by atoms with Crippen molar-refractivity contribution in [3.63, 3.8) is 0 Å². The zero-order valence-electron chi connectivity index (χ0n) is 26.8. The lowest BCUT2D eigenvalue weighted by Crippen LogP contribution is -2.21. The summed E-state index contributed by atoms with van der Waals surface area (Å²) in [6.07, 6.45) is 6.23. The maximum absolute atomic E-state index is 15.8. The van der Waals surface area contributed by atoms with Crippen molar-refractivity contribution in [1.82, 2.24) is 0 Å². The number of allylic oxidation sites excluding steroid dienone is 4. The largest absolute Gasteiger partial charge is 0.320 e. The van der Waals surface area contributed by atoms with E-state index in [-0.39, 0.29) is 35.3 Å². The normalized spacial score (nSPS) is 12.2. The molecule has 0 saturated carbocycles. The van der Waals surface area contributed by atoms with E-state index in [4.69, 9.17) is 0 Å². The number of para-hydroxylation sites is 1. The molecule has 0 aromatic heterocycles. The van der Waals surface area contributed by atoms with Gasteiger partial charge in [0.15, 0.2) is 0 Å². The average molecular weight is 661 g/mol. The van der Waals surface area contributed by atoms with Gasteiger partial charge in [0, 0.05) is 18.4 Å². The molecule has 1 aliphatic rings. The second-order valence-corrected chi connectivity index (χ2v) is 12.1. The van der Waals surface area contributed by atoms with E-state index in [9.17, 15) is 9.59 Å². The van der Waals surface area contributed by atoms with Crippen LogP contribution in [0.15, 0.2) is 109 Å². The summed E-state index contributed by atoms with van der Waals surface area (Å²) in [4.78, 5) is 27.2. The Morgan fingerprint density at radius 3 is 1.63 bits per heavy atom. The molecule has 5 aromatic rings. The van der Waals surface area contributed by atoms with E-state index in [1.54, 1.807) is 18.2 Å². The number of benzene rings is 5. The molecular weight excluding hydrogens is 628 g/mol. The molecule has 0 atom stereocenters. The van der Waals surface area contributed by atoms with Gasteiger partial charge < -0.3 is 10.6 Å². The molecule has 0 aliphatic heterocycles. The Hall–Kier alpha value is -5.76. The fourth-order valence-electron chi connectivity index (χ4n) is 5.80. The summed E-state index contributed by atoms with van der Waals surface area (Å²) >= 11 is 0. The Labute approximate surface area is 281 Å². The Morgan fingerprint density at radius 2 is 1.14 bits per heavy atom. The van der Waals surface area contributed by atoms with Crippen LogP contribution in [-0.2, 0) is 12.8 Å². The number of amides is 2. The van der Waals surface area contributed by atoms with E-state index >= 15 is 17.6 Å². The van der Waals surface area contributed by atoms with E-state index in [1.165, 1.54) is 18.2 Å². The lowest BCUT2D eigenvalue weighted by Gasteiger charge is -2.19. The average Bonchev–Trinajstić information content (AvgIpc) is 3.62. The summed E-state index contributed by atoms with van der Waals surface area (Å²) in [5.41, 5.74) is 3.48. The Kier molecular flexibility index (Phi) is 9.58. The highest BCUT2D eigenvalue weighted by molar-refractivity contribution is 6.12. The number of rotatable bonds is 9. The first-order valence-corrected chi connectivity index (χ1v) is 15.8. The molecule has 0 bridgehead atoms. The number of carbonyl (C=O) groups is 2. The molecule has 0 radical (unpaired) electrons. The fourth-order valence-corrected chi connectivity index (χ4v) is 5.80. The molecule has 0 unspecified atom stereocenters. The monoisotopic (exact) mass is 660 g/mol. The maximum atomic E-state index is 15.8. The van der Waals surface area contributed by atoms with Gasteiger partial charge in [-0.1, -0.05) is 102 Å². The van der Waals surface area contributed by atoms with Crippen LogP contribution < -0.4 is 10.6 Å². The van der Waals surface area contributed by atoms with Crippen LogP contribution in [0.1, 0.15) is 66.1 Å². The molecule has 246 valence electrons. The van der Waals surface area contributed by atoms with Crippen molar-refractivity contribution < 1.29 is 27.2 Å². The number of carbonyl (C=O) groups excluding carboxylic acids is 2. The molecule has 8 heteroatoms. The SMILES string of the molecule is Cc1ccc(Cc2ccc(F)c(C(=O)Nc3cccc(C4=CC=CC4)c3NC(=O)c3c(F)ccc(Cc4ccc(C)cc4)c3F)c2F)cc1. The summed E-state index contributed by atoms with van der Waals surface area (Å²) in [6.45, 7) is 3.85. The van der Waals surface area contributed by atoms with Gasteiger partial charge in [-0.15, -0.1) is 0 Å². The van der Waals surface area contributed by atoms with Crippen LogP contribution in [0.5, 0.6) is 0 Å². The molecule has 2 amide bonds. The van der Waals surface area contributed by atoms with Crippen LogP contribution in [-0.4, -0.2) is 11.8 Å². The highest BCUT2D eigenvalue weighted by Crippen LogP contribution is 2.36. The predicted octanol–water partition coefficient (Wildman–Crippen LogP) is 9.89. The van der Waals surface area contributed by atoms with Gasteiger partial charge in [0.2, 0.25) is 0 Å². The number of aryl methyl sites for hydroxylation is 2. The van der Waals surface area contributed by atoms with Gasteiger partial charge >= 0.3 is 0 Å². The standard InChI is InChI=1S/C41H32F4N2O2/c1-24-10-14-26(15-11-24)22-29-18-20-32(42)35(37(29)44)40(48)46-34-9-5-8-31(28-6-3-4-7-28)39(34)47-41(49)36-33(43)21-19-30(38(36)45)23-27-16-12-25(2)13-17-27/h3-6,8-21H,7,22-23H2,1-2H3,(H,46,48)(H,47,49). The van der Waals surface area contributed by atoms with Gasteiger partial charge in [0.05, 0.1) is 11.4 Å². The number of halogens is 4. The first-order valence-electron chi connectivity index (χ1n) is 15.8. The Bertz CT molecular complexity index is 2140. The topological polar surface area (TPSA) is 58.2 Å². The smallest absolute Gasteiger partial charge is 0.261 e. The van der Waals surface area contributed by atoms with E-state index in [2.05, 4.69) is 10.6 Å². The Morgan fingerprint density at radius 1 is 0.633 bits per heavy atom. The van der Waals surface area contributed by atoms with Crippen molar-refractivity contribution in [2.24, 2.45) is 0 Å². The summed E-state index contributed by atoms with van der Waals surface area (Å²) < 4.78 is 61.8. The van der Waals surface area contributed by atoms with E-state index in [0.717, 1.165) is 40.0 Å². The third-order valence-electron chi connectivity index (χ3n) is 8.50. The van der Waals surface area contributed by atoms with Gasteiger partial charge in [-0.25, -0.2) is 17.6 Å². The molecule has 2 N–H and O–H groups in total. The third-order valence-corrected chi connectivity index (χ3v) is 8.50. The van der Waals surface area contributed by atoms with Crippen molar-refractivity contribution in [2.45, 2.75) is 33.1 Å². The molecule has 1 aliphatic carbocycles. The molecule has 0 heterocycles. The highest BCUT2D eigenvalue weighted by Gasteiger charge is 2.26. The van der Waals surface area contributed by atoms with Crippen molar-refractivity contribution in [3.05, 3.63) is 183 Å². The van der Waals surface area contributed by atoms with Crippen molar-refractivity contribution in [1.29, 1.82) is 0 Å². The van der Waals surface area contributed by atoms with E-state index in [0.29, 0.717) is 12.0 Å². The second-order valence-electron chi connectivity index (χ2n) is 12.1. The number of nitrogens with one attached hydrogen (secondary N) is 2. The lowest BCUT2D eigenvalue weighted by atomic mass is 9.99. The van der Waals surface area contributed by atoms with E-state index in [1.807, 2.05) is 74.5 Å². The zero-order valence-corrected chi connectivity index (χ0v) is 26.8. The predicted molar refractivity (Wildman–Crippen MR) is 185 cm³/mol. The van der Waals surface area contributed by atoms with Crippen LogP contribution in [0, 0.1) is 37.1 Å². The van der Waals surface area contributed by atoms with Crippen molar-refractivity contribution in [3.8, 4) is 0 Å². The third kappa shape index (κ3) is 7.23. The fraction of sp³-hybridized carbons (Fsp3) is 0.122. The van der Waals surface area contributed by atoms with Crippen molar-refractivity contribution >= 4 is 28.8 Å². The summed E-state index contributed by atoms with van der Waals surface area (Å²) in [6, 6.07) is 24.2. The van der Waals surface area contributed by atoms with Crippen LogP contribution >= 0.6 is 0 Å². The second kappa shape index (κ2) is 14.2. The molecule has 0 fully saturated rings. The van der Waals surface area contributed by atoms with Crippen LogP contribution in [0.4, 0.5) is 28.9 Å². The first kappa shape index (κ1) is 33.2. The minimum atomic E-state index is -1.09. The molecule has 0 spiro atoms. The molecule has 6 rings (SSSR count). The molecule has 49 heavy (non-hydrogen) atoms. The number of anilines is 2. The molecular formula is C41H32F4N2O2. The minimum absolute atomic E-state index is 0.0111. The zero-order chi connectivity index (χ0) is 34.7. The molecule has 4 nitrogen and oxygen atoms in total. The highest BCUT2D eigenvalue weighted by atomic mass is 19.1. The van der Waals surface area contributed by atoms with Gasteiger partial charge in [-0.3, -0.25) is 9.59 Å². The van der Waals surface area contributed by atoms with E-state index < -0.39 is 46.2 Å². The summed E-state index contributed by atoms with van der Waals surface area (Å²) in [5.74, 6) is -6.35. The van der Waals surface area contributed by atoms with Crippen molar-refractivity contribution in [2.75, 3.05) is 10.6 Å². The number of hydrogen-bond acceptors (Lipinski definition) is 2. The van der Waals surface area contributed by atoms with Gasteiger partial charge in [-0.05, 0) is 66.3 Å². The molecule has 5 aromatic carbocycles. The quantitative estimate of drug-likeness (QED) is 0.155. The minimum Gasteiger partial charge on any atom is -0.320 e.